The van der Waals surface area contributed by atoms with Gasteiger partial charge in [0, 0.05) is 25.7 Å². The third kappa shape index (κ3) is 76.1. The van der Waals surface area contributed by atoms with Crippen molar-refractivity contribution in [3.05, 3.63) is 24.3 Å². The normalized spacial score (nSPS) is 14.2. The van der Waals surface area contributed by atoms with E-state index >= 15 is 0 Å². The molecule has 19 heteroatoms. The summed E-state index contributed by atoms with van der Waals surface area (Å²) in [5, 5.41) is 10.7. The Morgan fingerprint density at radius 3 is 0.825 bits per heavy atom. The van der Waals surface area contributed by atoms with Gasteiger partial charge < -0.3 is 33.8 Å². The number of aliphatic hydroxyl groups excluding tert-OH is 1. The number of aliphatic hydroxyl groups is 1. The zero-order chi connectivity index (χ0) is 75.5. The molecule has 0 aromatic rings. The van der Waals surface area contributed by atoms with Gasteiger partial charge in [-0.2, -0.15) is 0 Å². The minimum Gasteiger partial charge on any atom is -0.462 e. The first-order valence-corrected chi connectivity index (χ1v) is 46.0. The van der Waals surface area contributed by atoms with Crippen LogP contribution >= 0.6 is 15.6 Å². The first-order valence-electron chi connectivity index (χ1n) is 43.0. The van der Waals surface area contributed by atoms with Crippen molar-refractivity contribution in [1.29, 1.82) is 0 Å². The zero-order valence-electron chi connectivity index (χ0n) is 66.9. The number of hydrogen-bond donors (Lipinski definition) is 3. The zero-order valence-corrected chi connectivity index (χ0v) is 68.7. The summed E-state index contributed by atoms with van der Waals surface area (Å²) in [5.74, 6) is -1.41. The molecule has 0 fully saturated rings. The molecule has 3 N–H and O–H groups in total. The van der Waals surface area contributed by atoms with Gasteiger partial charge in [-0.05, 0) is 57.3 Å². The third-order valence-corrected chi connectivity index (χ3v) is 21.4. The molecule has 608 valence electrons. The number of carbonyl (C=O) groups is 4. The van der Waals surface area contributed by atoms with Crippen LogP contribution in [0.15, 0.2) is 24.3 Å². The van der Waals surface area contributed by atoms with E-state index in [1.807, 2.05) is 0 Å². The summed E-state index contributed by atoms with van der Waals surface area (Å²) in [6.07, 6.45) is 71.7. The fourth-order valence-corrected chi connectivity index (χ4v) is 14.1. The second kappa shape index (κ2) is 76.3. The van der Waals surface area contributed by atoms with Crippen molar-refractivity contribution >= 4 is 39.5 Å². The van der Waals surface area contributed by atoms with Gasteiger partial charge in [-0.15, -0.1) is 0 Å². The molecule has 0 radical (unpaired) electrons. The Kier molecular flexibility index (Phi) is 74.5. The van der Waals surface area contributed by atoms with Gasteiger partial charge in [0.05, 0.1) is 26.4 Å². The third-order valence-electron chi connectivity index (χ3n) is 19.5. The summed E-state index contributed by atoms with van der Waals surface area (Å²) in [6.45, 7) is 7.24. The van der Waals surface area contributed by atoms with Crippen molar-refractivity contribution in [2.75, 3.05) is 39.6 Å². The molecule has 0 aromatic heterocycles. The second-order valence-corrected chi connectivity index (χ2v) is 32.7. The van der Waals surface area contributed by atoms with Crippen molar-refractivity contribution in [3.8, 4) is 0 Å². The molecular formula is C84H160O17P2. The van der Waals surface area contributed by atoms with Gasteiger partial charge in [0.2, 0.25) is 0 Å². The lowest BCUT2D eigenvalue weighted by atomic mass is 10.00. The van der Waals surface area contributed by atoms with Crippen molar-refractivity contribution < 1.29 is 80.2 Å². The van der Waals surface area contributed by atoms with E-state index in [1.54, 1.807) is 0 Å². The molecule has 0 heterocycles. The van der Waals surface area contributed by atoms with Crippen LogP contribution in [0.2, 0.25) is 0 Å². The largest absolute Gasteiger partial charge is 0.472 e. The van der Waals surface area contributed by atoms with Crippen LogP contribution in [-0.2, 0) is 65.4 Å². The number of ether oxygens (including phenoxy) is 4. The Morgan fingerprint density at radius 1 is 0.311 bits per heavy atom. The number of rotatable bonds is 82. The lowest BCUT2D eigenvalue weighted by Gasteiger charge is -2.21. The maximum Gasteiger partial charge on any atom is 0.472 e. The molecule has 0 spiro atoms. The smallest absolute Gasteiger partial charge is 0.462 e. The maximum absolute atomic E-state index is 13.1. The Bertz CT molecular complexity index is 2060. The van der Waals surface area contributed by atoms with Crippen molar-refractivity contribution in [2.24, 2.45) is 5.92 Å². The van der Waals surface area contributed by atoms with Crippen LogP contribution in [0.5, 0.6) is 0 Å². The molecule has 3 unspecified atom stereocenters. The van der Waals surface area contributed by atoms with Crippen LogP contribution < -0.4 is 0 Å². The highest BCUT2D eigenvalue weighted by Gasteiger charge is 2.30. The van der Waals surface area contributed by atoms with Crippen LogP contribution in [0.25, 0.3) is 0 Å². The van der Waals surface area contributed by atoms with E-state index in [9.17, 15) is 43.2 Å². The first-order chi connectivity index (χ1) is 50.1. The summed E-state index contributed by atoms with van der Waals surface area (Å²) in [5.41, 5.74) is 0. The van der Waals surface area contributed by atoms with E-state index in [0.717, 1.165) is 115 Å². The molecule has 0 rings (SSSR count). The highest BCUT2D eigenvalue weighted by molar-refractivity contribution is 7.47. The van der Waals surface area contributed by atoms with Gasteiger partial charge in [-0.25, -0.2) is 9.13 Å². The van der Waals surface area contributed by atoms with Crippen LogP contribution in [0.4, 0.5) is 0 Å². The van der Waals surface area contributed by atoms with Gasteiger partial charge in [-0.1, -0.05) is 374 Å². The lowest BCUT2D eigenvalue weighted by Crippen LogP contribution is -2.30. The summed E-state index contributed by atoms with van der Waals surface area (Å²) in [7, 11) is -9.94. The minimum absolute atomic E-state index is 0.0846. The molecule has 17 nitrogen and oxygen atoms in total. The van der Waals surface area contributed by atoms with E-state index < -0.39 is 97.5 Å². The van der Waals surface area contributed by atoms with Gasteiger partial charge in [0.15, 0.2) is 12.2 Å². The van der Waals surface area contributed by atoms with Gasteiger partial charge in [-0.3, -0.25) is 37.3 Å². The Balaban J connectivity index is 5.26. The summed E-state index contributed by atoms with van der Waals surface area (Å²) in [4.78, 5) is 73.1. The van der Waals surface area contributed by atoms with E-state index in [-0.39, 0.29) is 25.7 Å². The fraction of sp³-hybridized carbons (Fsp3) is 0.905. The number of esters is 4. The number of phosphoric ester groups is 2. The first kappa shape index (κ1) is 101. The number of carbonyl (C=O) groups excluding carboxylic acids is 4. The molecular weight excluding hydrogens is 1340 g/mol. The molecule has 0 saturated heterocycles. The number of allylic oxidation sites excluding steroid dienone is 4. The molecule has 0 bridgehead atoms. The average molecular weight is 1500 g/mol. The van der Waals surface area contributed by atoms with Crippen LogP contribution in [0.1, 0.15) is 426 Å². The Labute approximate surface area is 631 Å². The Morgan fingerprint density at radius 2 is 0.544 bits per heavy atom. The van der Waals surface area contributed by atoms with Gasteiger partial charge >= 0.3 is 39.5 Å². The van der Waals surface area contributed by atoms with E-state index in [0.29, 0.717) is 25.7 Å². The predicted molar refractivity (Wildman–Crippen MR) is 423 cm³/mol. The number of hydrogen-bond acceptors (Lipinski definition) is 15. The van der Waals surface area contributed by atoms with Gasteiger partial charge in [0.1, 0.15) is 19.3 Å². The molecule has 0 aliphatic rings. The monoisotopic (exact) mass is 1500 g/mol. The van der Waals surface area contributed by atoms with Crippen molar-refractivity contribution in [3.63, 3.8) is 0 Å². The average Bonchev–Trinajstić information content (AvgIpc) is 0.983. The lowest BCUT2D eigenvalue weighted by molar-refractivity contribution is -0.161. The standard InChI is InChI=1S/C84H160O17P2/c1-6-10-13-16-19-22-25-28-31-33-35-37-40-42-45-48-51-57-62-67-81(86)94-73-79(100-83(88)69-65-60-53-50-47-44-41-38-36-34-32-29-26-23-20-17-14-11-7-2)75-98-102(90,91)96-71-78(85)72-97-103(92,93)99-76-80(74-95-82(87)68-63-58-55-54-56-61-66-77(5)9-4)101-84(89)70-64-59-52-49-46-43-39-30-27-24-21-18-15-12-8-3/h24,27,30,39,77-80,85H,6-23,25-26,28-29,31-38,40-76H2,1-5H3,(H,90,91)(H,92,93)/b27-24-,39-30-/t77?,78-,79-,80-/m1/s1. The second-order valence-electron chi connectivity index (χ2n) is 29.8. The highest BCUT2D eigenvalue weighted by atomic mass is 31.2. The number of phosphoric acid groups is 2. The molecule has 6 atom stereocenters. The molecule has 0 amide bonds. The molecule has 103 heavy (non-hydrogen) atoms. The highest BCUT2D eigenvalue weighted by Crippen LogP contribution is 2.45. The van der Waals surface area contributed by atoms with E-state index in [2.05, 4.69) is 58.9 Å². The number of unbranched alkanes of at least 4 members (excludes halogenated alkanes) is 50. The summed E-state index contributed by atoms with van der Waals surface area (Å²) in [6, 6.07) is 0. The van der Waals surface area contributed by atoms with E-state index in [1.165, 1.54) is 231 Å². The van der Waals surface area contributed by atoms with Crippen LogP contribution in [-0.4, -0.2) is 96.7 Å². The Hall–Kier alpha value is -2.46. The van der Waals surface area contributed by atoms with E-state index in [4.69, 9.17) is 37.0 Å². The molecule has 0 aliphatic heterocycles. The van der Waals surface area contributed by atoms with Crippen molar-refractivity contribution in [2.45, 2.75) is 445 Å². The van der Waals surface area contributed by atoms with Crippen molar-refractivity contribution in [1.82, 2.24) is 0 Å². The molecule has 0 saturated carbocycles. The summed E-state index contributed by atoms with van der Waals surface area (Å²) < 4.78 is 68.8. The fourth-order valence-electron chi connectivity index (χ4n) is 12.5. The maximum atomic E-state index is 13.1. The van der Waals surface area contributed by atoms with Gasteiger partial charge in [0.25, 0.3) is 0 Å². The quantitative estimate of drug-likeness (QED) is 0.0169. The SMILES string of the molecule is CCCCCC/C=C\C=C/CCCCCCCC(=O)O[C@H](COC(=O)CCCCCCCCC(C)CC)COP(=O)(O)OC[C@H](O)COP(=O)(O)OC[C@@H](COC(=O)CCCCCCCCCCCCCCCCCCCCC)OC(=O)CCCCCCCCCCCCCCCCCCCCC. The van der Waals surface area contributed by atoms with Crippen LogP contribution in [0.3, 0.4) is 0 Å². The summed E-state index contributed by atoms with van der Waals surface area (Å²) >= 11 is 0. The minimum atomic E-state index is -4.97. The predicted octanol–water partition coefficient (Wildman–Crippen LogP) is 25.1. The topological polar surface area (TPSA) is 237 Å². The molecule has 0 aliphatic carbocycles. The van der Waals surface area contributed by atoms with Crippen LogP contribution in [0, 0.1) is 5.92 Å². The molecule has 0 aromatic carbocycles.